The van der Waals surface area contributed by atoms with Gasteiger partial charge in [0.25, 0.3) is 0 Å². The molecule has 1 aliphatic heterocycles. The van der Waals surface area contributed by atoms with Crippen molar-refractivity contribution in [1.29, 1.82) is 0 Å². The predicted octanol–water partition coefficient (Wildman–Crippen LogP) is 2.90. The predicted molar refractivity (Wildman–Crippen MR) is 115 cm³/mol. The van der Waals surface area contributed by atoms with Gasteiger partial charge in [-0.25, -0.2) is 0 Å². The van der Waals surface area contributed by atoms with Crippen LogP contribution in [0.1, 0.15) is 45.1 Å². The summed E-state index contributed by atoms with van der Waals surface area (Å²) in [4.78, 5) is 17.5. The molecular formula is C23H37N3O3. The van der Waals surface area contributed by atoms with Crippen molar-refractivity contribution in [3.05, 3.63) is 23.8 Å². The lowest BCUT2D eigenvalue weighted by atomic mass is 9.86. The van der Waals surface area contributed by atoms with E-state index < -0.39 is 0 Å². The number of carbonyl (C=O) groups is 1. The van der Waals surface area contributed by atoms with Gasteiger partial charge in [0.05, 0.1) is 20.3 Å². The average molecular weight is 404 g/mol. The first-order valence-electron chi connectivity index (χ1n) is 11.0. The smallest absolute Gasteiger partial charge is 0.237 e. The van der Waals surface area contributed by atoms with Crippen LogP contribution in [0.4, 0.5) is 0 Å². The van der Waals surface area contributed by atoms with E-state index in [1.165, 1.54) is 24.8 Å². The largest absolute Gasteiger partial charge is 0.493 e. The van der Waals surface area contributed by atoms with Gasteiger partial charge in [-0.1, -0.05) is 25.8 Å². The molecule has 6 nitrogen and oxygen atoms in total. The van der Waals surface area contributed by atoms with E-state index in [0.717, 1.165) is 50.6 Å². The minimum Gasteiger partial charge on any atom is -0.493 e. The SMILES string of the molecule is COc1ccc(CN2CCN([C@H](C)C(=O)N[C@H]3CCCC[C@@H]3C)CC2)cc1OC. The highest BCUT2D eigenvalue weighted by Gasteiger charge is 2.29. The second-order valence-electron chi connectivity index (χ2n) is 8.55. The van der Waals surface area contributed by atoms with Crippen molar-refractivity contribution in [3.8, 4) is 11.5 Å². The van der Waals surface area contributed by atoms with Crippen molar-refractivity contribution in [2.45, 2.75) is 58.2 Å². The van der Waals surface area contributed by atoms with Gasteiger partial charge >= 0.3 is 0 Å². The molecule has 1 saturated heterocycles. The lowest BCUT2D eigenvalue weighted by Crippen LogP contribution is -2.55. The molecule has 0 spiro atoms. The first-order valence-corrected chi connectivity index (χ1v) is 11.0. The zero-order valence-corrected chi connectivity index (χ0v) is 18.4. The van der Waals surface area contributed by atoms with E-state index in [2.05, 4.69) is 28.1 Å². The molecule has 3 rings (SSSR count). The summed E-state index contributed by atoms with van der Waals surface area (Å²) in [7, 11) is 3.32. The fraction of sp³-hybridized carbons (Fsp3) is 0.696. The maximum Gasteiger partial charge on any atom is 0.237 e. The van der Waals surface area contributed by atoms with E-state index in [4.69, 9.17) is 9.47 Å². The van der Waals surface area contributed by atoms with Crippen LogP contribution in [0.25, 0.3) is 0 Å². The van der Waals surface area contributed by atoms with E-state index in [1.54, 1.807) is 14.2 Å². The quantitative estimate of drug-likeness (QED) is 0.759. The molecule has 1 aliphatic carbocycles. The van der Waals surface area contributed by atoms with Gasteiger partial charge in [0, 0.05) is 38.8 Å². The van der Waals surface area contributed by atoms with Crippen LogP contribution >= 0.6 is 0 Å². The number of carbonyl (C=O) groups excluding carboxylic acids is 1. The molecule has 29 heavy (non-hydrogen) atoms. The summed E-state index contributed by atoms with van der Waals surface area (Å²) >= 11 is 0. The van der Waals surface area contributed by atoms with Crippen molar-refractivity contribution in [2.24, 2.45) is 5.92 Å². The highest BCUT2D eigenvalue weighted by molar-refractivity contribution is 5.81. The molecule has 1 aromatic rings. The number of benzene rings is 1. The first kappa shape index (κ1) is 21.9. The van der Waals surface area contributed by atoms with Crippen LogP contribution in [-0.4, -0.2) is 68.2 Å². The number of hydrogen-bond acceptors (Lipinski definition) is 5. The van der Waals surface area contributed by atoms with Crippen LogP contribution in [0.15, 0.2) is 18.2 Å². The van der Waals surface area contributed by atoms with E-state index in [1.807, 2.05) is 19.1 Å². The summed E-state index contributed by atoms with van der Waals surface area (Å²) in [6, 6.07) is 6.39. The number of rotatable bonds is 7. The van der Waals surface area contributed by atoms with Crippen molar-refractivity contribution >= 4 is 5.91 Å². The number of nitrogens with zero attached hydrogens (tertiary/aromatic N) is 2. The lowest BCUT2D eigenvalue weighted by Gasteiger charge is -2.38. The minimum absolute atomic E-state index is 0.0626. The van der Waals surface area contributed by atoms with E-state index >= 15 is 0 Å². The molecule has 1 heterocycles. The number of nitrogens with one attached hydrogen (secondary N) is 1. The van der Waals surface area contributed by atoms with E-state index in [9.17, 15) is 4.79 Å². The third kappa shape index (κ3) is 5.64. The van der Waals surface area contributed by atoms with Crippen LogP contribution in [0.5, 0.6) is 11.5 Å². The zero-order chi connectivity index (χ0) is 20.8. The third-order valence-electron chi connectivity index (χ3n) is 6.63. The summed E-state index contributed by atoms with van der Waals surface area (Å²) in [6.45, 7) is 8.96. The van der Waals surface area contributed by atoms with Gasteiger partial charge in [-0.3, -0.25) is 14.6 Å². The molecule has 3 atom stereocenters. The van der Waals surface area contributed by atoms with Gasteiger partial charge in [0.15, 0.2) is 11.5 Å². The highest BCUT2D eigenvalue weighted by Crippen LogP contribution is 2.28. The molecule has 1 amide bonds. The maximum absolute atomic E-state index is 12.8. The Labute approximate surface area is 175 Å². The number of ether oxygens (including phenoxy) is 2. The summed E-state index contributed by atoms with van der Waals surface area (Å²) in [5.74, 6) is 2.31. The Kier molecular flexibility index (Phi) is 7.78. The van der Waals surface area contributed by atoms with Crippen molar-refractivity contribution < 1.29 is 14.3 Å². The van der Waals surface area contributed by atoms with Crippen molar-refractivity contribution in [1.82, 2.24) is 15.1 Å². The van der Waals surface area contributed by atoms with Gasteiger partial charge in [0.2, 0.25) is 5.91 Å². The Balaban J connectivity index is 1.47. The van der Waals surface area contributed by atoms with Gasteiger partial charge < -0.3 is 14.8 Å². The Morgan fingerprint density at radius 3 is 2.45 bits per heavy atom. The van der Waals surface area contributed by atoms with Crippen LogP contribution in [-0.2, 0) is 11.3 Å². The second-order valence-corrected chi connectivity index (χ2v) is 8.55. The van der Waals surface area contributed by atoms with E-state index in [-0.39, 0.29) is 11.9 Å². The maximum atomic E-state index is 12.8. The molecular weight excluding hydrogens is 366 g/mol. The van der Waals surface area contributed by atoms with Gasteiger partial charge in [-0.05, 0) is 43.4 Å². The Hall–Kier alpha value is -1.79. The fourth-order valence-corrected chi connectivity index (χ4v) is 4.55. The van der Waals surface area contributed by atoms with Crippen molar-refractivity contribution in [2.75, 3.05) is 40.4 Å². The van der Waals surface area contributed by atoms with Crippen LogP contribution in [0, 0.1) is 5.92 Å². The number of amides is 1. The number of hydrogen-bond donors (Lipinski definition) is 1. The second kappa shape index (κ2) is 10.3. The molecule has 1 N–H and O–H groups in total. The Bertz CT molecular complexity index is 673. The summed E-state index contributed by atoms with van der Waals surface area (Å²) < 4.78 is 10.7. The van der Waals surface area contributed by atoms with E-state index in [0.29, 0.717) is 12.0 Å². The molecule has 0 bridgehead atoms. The third-order valence-corrected chi connectivity index (χ3v) is 6.63. The van der Waals surface area contributed by atoms with Crippen LogP contribution in [0.3, 0.4) is 0 Å². The monoisotopic (exact) mass is 403 g/mol. The summed E-state index contributed by atoms with van der Waals surface area (Å²) in [5, 5.41) is 3.32. The summed E-state index contributed by atoms with van der Waals surface area (Å²) in [6.07, 6.45) is 4.89. The minimum atomic E-state index is -0.0626. The molecule has 162 valence electrons. The Morgan fingerprint density at radius 2 is 1.79 bits per heavy atom. The molecule has 0 unspecified atom stereocenters. The number of piperazine rings is 1. The van der Waals surface area contributed by atoms with Crippen LogP contribution in [0.2, 0.25) is 0 Å². The zero-order valence-electron chi connectivity index (χ0n) is 18.4. The molecule has 6 heteroatoms. The molecule has 1 aromatic carbocycles. The van der Waals surface area contributed by atoms with Gasteiger partial charge in [0.1, 0.15) is 0 Å². The molecule has 0 aromatic heterocycles. The van der Waals surface area contributed by atoms with Gasteiger partial charge in [-0.2, -0.15) is 0 Å². The van der Waals surface area contributed by atoms with Crippen molar-refractivity contribution in [3.63, 3.8) is 0 Å². The lowest BCUT2D eigenvalue weighted by molar-refractivity contribution is -0.127. The number of methoxy groups -OCH3 is 2. The summed E-state index contributed by atoms with van der Waals surface area (Å²) in [5.41, 5.74) is 1.22. The highest BCUT2D eigenvalue weighted by atomic mass is 16.5. The molecule has 1 saturated carbocycles. The average Bonchev–Trinajstić information content (AvgIpc) is 2.75. The normalized spacial score (nSPS) is 24.7. The topological polar surface area (TPSA) is 54.0 Å². The molecule has 0 radical (unpaired) electrons. The van der Waals surface area contributed by atoms with Crippen LogP contribution < -0.4 is 14.8 Å². The fourth-order valence-electron chi connectivity index (χ4n) is 4.55. The molecule has 2 fully saturated rings. The standard InChI is InChI=1S/C23H37N3O3/c1-17-7-5-6-8-20(17)24-23(27)18(2)26-13-11-25(12-14-26)16-19-9-10-21(28-3)22(15-19)29-4/h9-10,15,17-18,20H,5-8,11-14,16H2,1-4H3,(H,24,27)/t17-,18+,20-/m0/s1. The molecule has 2 aliphatic rings. The first-order chi connectivity index (χ1) is 14.0. The van der Waals surface area contributed by atoms with Gasteiger partial charge in [-0.15, -0.1) is 0 Å². The Morgan fingerprint density at radius 1 is 1.10 bits per heavy atom.